The summed E-state index contributed by atoms with van der Waals surface area (Å²) >= 11 is 1.23. The van der Waals surface area contributed by atoms with Crippen molar-refractivity contribution >= 4 is 33.1 Å². The lowest BCUT2D eigenvalue weighted by atomic mass is 10.1. The van der Waals surface area contributed by atoms with Gasteiger partial charge in [-0.15, -0.1) is 11.3 Å². The number of rotatable bonds is 8. The number of carbonyl (C=O) groups excluding carboxylic acids is 1. The van der Waals surface area contributed by atoms with Crippen molar-refractivity contribution in [1.29, 1.82) is 0 Å². The van der Waals surface area contributed by atoms with Gasteiger partial charge in [0.15, 0.2) is 22.5 Å². The molecule has 0 saturated heterocycles. The van der Waals surface area contributed by atoms with Crippen LogP contribution in [-0.4, -0.2) is 20.7 Å². The van der Waals surface area contributed by atoms with Crippen LogP contribution in [0.15, 0.2) is 53.5 Å². The van der Waals surface area contributed by atoms with Crippen molar-refractivity contribution in [2.75, 3.05) is 5.32 Å². The highest BCUT2D eigenvalue weighted by Crippen LogP contribution is 2.23. The fraction of sp³-hybridized carbons (Fsp3) is 0.250. The largest absolute Gasteiger partial charge is 0.296 e. The molecule has 0 radical (unpaired) electrons. The third kappa shape index (κ3) is 5.14. The number of hydrogen-bond donors (Lipinski definition) is 1. The molecule has 1 N–H and O–H groups in total. The first-order chi connectivity index (χ1) is 16.0. The van der Waals surface area contributed by atoms with Gasteiger partial charge in [-0.05, 0) is 30.2 Å². The van der Waals surface area contributed by atoms with Crippen molar-refractivity contribution in [2.45, 2.75) is 39.2 Å². The van der Waals surface area contributed by atoms with Crippen LogP contribution in [0.1, 0.15) is 47.1 Å². The lowest BCUT2D eigenvalue weighted by Gasteiger charge is -2.10. The maximum absolute atomic E-state index is 13.5. The number of halogens is 2. The number of aryl methyl sites for hydroxylation is 1. The van der Waals surface area contributed by atoms with E-state index in [0.717, 1.165) is 36.3 Å². The number of thiazole rings is 1. The van der Waals surface area contributed by atoms with Crippen molar-refractivity contribution in [3.05, 3.63) is 86.8 Å². The molecule has 9 heteroatoms. The molecule has 0 aliphatic heterocycles. The average molecular weight is 469 g/mol. The van der Waals surface area contributed by atoms with Crippen LogP contribution >= 0.6 is 11.3 Å². The summed E-state index contributed by atoms with van der Waals surface area (Å²) in [6.45, 7) is 2.51. The Kier molecular flexibility index (Phi) is 6.88. The molecule has 0 spiro atoms. The number of benzene rings is 2. The van der Waals surface area contributed by atoms with Crippen molar-refractivity contribution in [2.24, 2.45) is 0 Å². The molecule has 0 aliphatic rings. The standard InChI is InChI=1S/C24H22F2N4O2S/c1-2-3-6-11-30-23(32)18-8-5-4-7-17(18)21(29-30)22(31)28-24-27-14-16(33-24)12-15-9-10-19(25)20(26)13-15/h4-5,7-10,13-14H,2-3,6,11-12H2,1H3,(H,27,28,31). The first-order valence-electron chi connectivity index (χ1n) is 10.7. The Hall–Kier alpha value is -3.46. The predicted molar refractivity (Wildman–Crippen MR) is 125 cm³/mol. The van der Waals surface area contributed by atoms with E-state index in [0.29, 0.717) is 34.4 Å². The number of fused-ring (bicyclic) bond motifs is 1. The molecular weight excluding hydrogens is 446 g/mol. The second kappa shape index (κ2) is 9.99. The molecule has 4 aromatic rings. The maximum Gasteiger partial charge on any atom is 0.278 e. The zero-order chi connectivity index (χ0) is 23.4. The van der Waals surface area contributed by atoms with Gasteiger partial charge < -0.3 is 0 Å². The van der Waals surface area contributed by atoms with Crippen molar-refractivity contribution < 1.29 is 13.6 Å². The SMILES string of the molecule is CCCCCn1nc(C(=O)Nc2ncc(Cc3ccc(F)c(F)c3)s2)c2ccccc2c1=O. The smallest absolute Gasteiger partial charge is 0.278 e. The molecule has 0 bridgehead atoms. The van der Waals surface area contributed by atoms with Crippen LogP contribution in [-0.2, 0) is 13.0 Å². The van der Waals surface area contributed by atoms with E-state index in [1.807, 2.05) is 0 Å². The van der Waals surface area contributed by atoms with E-state index in [-0.39, 0.29) is 11.3 Å². The molecule has 0 atom stereocenters. The summed E-state index contributed by atoms with van der Waals surface area (Å²) in [7, 11) is 0. The lowest BCUT2D eigenvalue weighted by Crippen LogP contribution is -2.27. The van der Waals surface area contributed by atoms with Gasteiger partial charge in [0, 0.05) is 29.4 Å². The zero-order valence-electron chi connectivity index (χ0n) is 18.0. The van der Waals surface area contributed by atoms with E-state index in [9.17, 15) is 18.4 Å². The van der Waals surface area contributed by atoms with Gasteiger partial charge in [0.2, 0.25) is 0 Å². The first kappa shape index (κ1) is 22.7. The predicted octanol–water partition coefficient (Wildman–Crippen LogP) is 5.16. The van der Waals surface area contributed by atoms with E-state index in [2.05, 4.69) is 22.3 Å². The van der Waals surface area contributed by atoms with Crippen LogP contribution in [0.25, 0.3) is 10.8 Å². The van der Waals surface area contributed by atoms with E-state index in [4.69, 9.17) is 0 Å². The van der Waals surface area contributed by atoms with Gasteiger partial charge in [-0.25, -0.2) is 18.4 Å². The monoisotopic (exact) mass is 468 g/mol. The Bertz CT molecular complexity index is 1370. The normalized spacial score (nSPS) is 11.1. The second-order valence-corrected chi connectivity index (χ2v) is 8.76. The van der Waals surface area contributed by atoms with Crippen LogP contribution in [0.3, 0.4) is 0 Å². The quantitative estimate of drug-likeness (QED) is 0.362. The summed E-state index contributed by atoms with van der Waals surface area (Å²) in [6, 6.07) is 10.6. The molecule has 1 amide bonds. The Balaban J connectivity index is 1.57. The molecule has 0 saturated carbocycles. The van der Waals surface area contributed by atoms with Gasteiger partial charge in [-0.2, -0.15) is 5.10 Å². The van der Waals surface area contributed by atoms with Crippen LogP contribution in [0, 0.1) is 11.6 Å². The molecule has 170 valence electrons. The Labute approximate surface area is 192 Å². The highest BCUT2D eigenvalue weighted by atomic mass is 32.1. The van der Waals surface area contributed by atoms with Gasteiger partial charge in [-0.1, -0.05) is 44.0 Å². The fourth-order valence-corrected chi connectivity index (χ4v) is 4.36. The van der Waals surface area contributed by atoms with Crippen molar-refractivity contribution in [1.82, 2.24) is 14.8 Å². The number of nitrogens with zero attached hydrogens (tertiary/aromatic N) is 3. The highest BCUT2D eigenvalue weighted by Gasteiger charge is 2.18. The first-order valence-corrected chi connectivity index (χ1v) is 11.5. The number of hydrogen-bond acceptors (Lipinski definition) is 5. The molecular formula is C24H22F2N4O2S. The summed E-state index contributed by atoms with van der Waals surface area (Å²) < 4.78 is 27.9. The fourth-order valence-electron chi connectivity index (χ4n) is 3.52. The minimum absolute atomic E-state index is 0.152. The van der Waals surface area contributed by atoms with Crippen molar-refractivity contribution in [3.63, 3.8) is 0 Å². The van der Waals surface area contributed by atoms with E-state index < -0.39 is 17.5 Å². The summed E-state index contributed by atoms with van der Waals surface area (Å²) in [5.74, 6) is -2.27. The summed E-state index contributed by atoms with van der Waals surface area (Å²) in [5, 5.41) is 8.37. The minimum Gasteiger partial charge on any atom is -0.296 e. The van der Waals surface area contributed by atoms with E-state index >= 15 is 0 Å². The molecule has 0 fully saturated rings. The zero-order valence-corrected chi connectivity index (χ0v) is 18.8. The molecule has 2 aromatic heterocycles. The molecule has 0 unspecified atom stereocenters. The minimum atomic E-state index is -0.905. The molecule has 6 nitrogen and oxygen atoms in total. The number of anilines is 1. The Morgan fingerprint density at radius 1 is 1.09 bits per heavy atom. The Morgan fingerprint density at radius 2 is 1.88 bits per heavy atom. The molecule has 2 aromatic carbocycles. The average Bonchev–Trinajstić information content (AvgIpc) is 3.24. The highest BCUT2D eigenvalue weighted by molar-refractivity contribution is 7.15. The number of unbranched alkanes of at least 4 members (excludes halogenated alkanes) is 2. The summed E-state index contributed by atoms with van der Waals surface area (Å²) in [4.78, 5) is 30.8. The van der Waals surface area contributed by atoms with Gasteiger partial charge >= 0.3 is 0 Å². The van der Waals surface area contributed by atoms with Gasteiger partial charge in [0.25, 0.3) is 11.5 Å². The third-order valence-electron chi connectivity index (χ3n) is 5.19. The van der Waals surface area contributed by atoms with Crippen LogP contribution < -0.4 is 10.9 Å². The lowest BCUT2D eigenvalue weighted by molar-refractivity contribution is 0.102. The number of amides is 1. The number of nitrogens with one attached hydrogen (secondary N) is 1. The topological polar surface area (TPSA) is 76.9 Å². The Morgan fingerprint density at radius 3 is 2.64 bits per heavy atom. The van der Waals surface area contributed by atoms with Gasteiger partial charge in [-0.3, -0.25) is 14.9 Å². The van der Waals surface area contributed by atoms with Gasteiger partial charge in [0.1, 0.15) is 0 Å². The van der Waals surface area contributed by atoms with Crippen LogP contribution in [0.2, 0.25) is 0 Å². The summed E-state index contributed by atoms with van der Waals surface area (Å²) in [6.07, 6.45) is 4.70. The maximum atomic E-state index is 13.5. The summed E-state index contributed by atoms with van der Waals surface area (Å²) in [5.41, 5.74) is 0.530. The molecule has 33 heavy (non-hydrogen) atoms. The van der Waals surface area contributed by atoms with Crippen LogP contribution in [0.5, 0.6) is 0 Å². The van der Waals surface area contributed by atoms with E-state index in [1.165, 1.54) is 22.1 Å². The molecule has 4 rings (SSSR count). The van der Waals surface area contributed by atoms with E-state index in [1.54, 1.807) is 30.5 Å². The molecule has 0 aliphatic carbocycles. The molecule has 2 heterocycles. The van der Waals surface area contributed by atoms with Gasteiger partial charge in [0.05, 0.1) is 5.39 Å². The van der Waals surface area contributed by atoms with Crippen molar-refractivity contribution in [3.8, 4) is 0 Å². The number of carbonyl (C=O) groups is 1. The van der Waals surface area contributed by atoms with Crippen LogP contribution in [0.4, 0.5) is 13.9 Å². The second-order valence-electron chi connectivity index (χ2n) is 7.64. The number of aromatic nitrogens is 3. The third-order valence-corrected chi connectivity index (χ3v) is 6.11.